The van der Waals surface area contributed by atoms with E-state index in [1.807, 2.05) is 36.4 Å². The summed E-state index contributed by atoms with van der Waals surface area (Å²) in [6.07, 6.45) is 0. The number of ether oxygens (including phenoxy) is 2. The minimum atomic E-state index is -2.90. The van der Waals surface area contributed by atoms with Crippen molar-refractivity contribution in [3.8, 4) is 22.6 Å². The van der Waals surface area contributed by atoms with Gasteiger partial charge in [0, 0.05) is 5.69 Å². The van der Waals surface area contributed by atoms with Crippen LogP contribution in [0.25, 0.3) is 11.1 Å². The van der Waals surface area contributed by atoms with E-state index in [4.69, 9.17) is 16.3 Å². The second-order valence-corrected chi connectivity index (χ2v) is 6.16. The van der Waals surface area contributed by atoms with Crippen LogP contribution in [-0.2, 0) is 4.79 Å². The third-order valence-electron chi connectivity index (χ3n) is 3.76. The van der Waals surface area contributed by atoms with Gasteiger partial charge in [-0.15, -0.1) is 0 Å². The van der Waals surface area contributed by atoms with Gasteiger partial charge in [-0.05, 0) is 47.5 Å². The Labute approximate surface area is 165 Å². The van der Waals surface area contributed by atoms with Crippen molar-refractivity contribution < 1.29 is 23.0 Å². The second kappa shape index (κ2) is 9.19. The summed E-state index contributed by atoms with van der Waals surface area (Å²) in [6, 6.07) is 20.7. The van der Waals surface area contributed by atoms with Crippen LogP contribution in [0.15, 0.2) is 72.8 Å². The molecule has 0 aliphatic rings. The molecule has 0 aromatic heterocycles. The van der Waals surface area contributed by atoms with Crippen LogP contribution in [0, 0.1) is 0 Å². The molecule has 144 valence electrons. The van der Waals surface area contributed by atoms with Gasteiger partial charge in [-0.25, -0.2) is 0 Å². The van der Waals surface area contributed by atoms with Crippen LogP contribution in [0.5, 0.6) is 11.5 Å². The molecule has 3 aromatic rings. The predicted octanol–water partition coefficient (Wildman–Crippen LogP) is 5.63. The lowest BCUT2D eigenvalue weighted by molar-refractivity contribution is -0.118. The third-order valence-corrected chi connectivity index (χ3v) is 4.06. The molecule has 0 unspecified atom stereocenters. The number of amides is 1. The van der Waals surface area contributed by atoms with Gasteiger partial charge in [0.05, 0.1) is 5.02 Å². The van der Waals surface area contributed by atoms with Gasteiger partial charge in [0.1, 0.15) is 11.5 Å². The fourth-order valence-corrected chi connectivity index (χ4v) is 2.72. The average Bonchev–Trinajstić information content (AvgIpc) is 2.69. The Morgan fingerprint density at radius 1 is 0.964 bits per heavy atom. The van der Waals surface area contributed by atoms with E-state index in [9.17, 15) is 13.6 Å². The quantitative estimate of drug-likeness (QED) is 0.556. The molecule has 0 spiro atoms. The number of rotatable bonds is 7. The Morgan fingerprint density at radius 2 is 1.68 bits per heavy atom. The maximum absolute atomic E-state index is 12.1. The van der Waals surface area contributed by atoms with Crippen LogP contribution >= 0.6 is 11.6 Å². The molecule has 0 heterocycles. The molecule has 28 heavy (non-hydrogen) atoms. The highest BCUT2D eigenvalue weighted by atomic mass is 35.5. The molecule has 0 saturated carbocycles. The van der Waals surface area contributed by atoms with Crippen molar-refractivity contribution in [1.29, 1.82) is 0 Å². The van der Waals surface area contributed by atoms with Crippen LogP contribution in [0.4, 0.5) is 14.5 Å². The highest BCUT2D eigenvalue weighted by Crippen LogP contribution is 2.30. The first-order chi connectivity index (χ1) is 13.5. The minimum absolute atomic E-state index is 0.00883. The van der Waals surface area contributed by atoms with E-state index in [-0.39, 0.29) is 12.4 Å². The van der Waals surface area contributed by atoms with E-state index >= 15 is 0 Å². The SMILES string of the molecule is O=C(COc1ccc(-c2ccccc2)cc1Cl)Nc1ccc(OC(F)F)cc1. The van der Waals surface area contributed by atoms with Crippen molar-refractivity contribution in [2.75, 3.05) is 11.9 Å². The van der Waals surface area contributed by atoms with E-state index in [1.54, 1.807) is 12.1 Å². The summed E-state index contributed by atoms with van der Waals surface area (Å²) in [5.41, 5.74) is 2.39. The summed E-state index contributed by atoms with van der Waals surface area (Å²) in [4.78, 5) is 12.0. The number of nitrogens with one attached hydrogen (secondary N) is 1. The molecule has 0 bridgehead atoms. The summed E-state index contributed by atoms with van der Waals surface area (Å²) >= 11 is 6.25. The van der Waals surface area contributed by atoms with Gasteiger partial charge in [0.15, 0.2) is 6.61 Å². The number of carbonyl (C=O) groups excluding carboxylic acids is 1. The normalized spacial score (nSPS) is 10.6. The first-order valence-corrected chi connectivity index (χ1v) is 8.71. The zero-order chi connectivity index (χ0) is 19.9. The topological polar surface area (TPSA) is 47.6 Å². The number of hydrogen-bond donors (Lipinski definition) is 1. The van der Waals surface area contributed by atoms with Gasteiger partial charge < -0.3 is 14.8 Å². The van der Waals surface area contributed by atoms with E-state index in [0.29, 0.717) is 16.5 Å². The van der Waals surface area contributed by atoms with Crippen LogP contribution in [0.1, 0.15) is 0 Å². The molecule has 0 fully saturated rings. The summed E-state index contributed by atoms with van der Waals surface area (Å²) < 4.78 is 34.0. The Balaban J connectivity index is 1.55. The third kappa shape index (κ3) is 5.44. The molecule has 7 heteroatoms. The number of hydrogen-bond acceptors (Lipinski definition) is 3. The molecule has 0 aliphatic heterocycles. The lowest BCUT2D eigenvalue weighted by atomic mass is 10.1. The fraction of sp³-hybridized carbons (Fsp3) is 0.0952. The van der Waals surface area contributed by atoms with E-state index in [2.05, 4.69) is 10.1 Å². The smallest absolute Gasteiger partial charge is 0.387 e. The standard InChI is InChI=1S/C21H16ClF2NO3/c22-18-12-15(14-4-2-1-3-5-14)6-11-19(18)27-13-20(26)25-16-7-9-17(10-8-16)28-21(23)24/h1-12,21H,13H2,(H,25,26). The minimum Gasteiger partial charge on any atom is -0.482 e. The first kappa shape index (κ1) is 19.6. The number of anilines is 1. The van der Waals surface area contributed by atoms with E-state index in [0.717, 1.165) is 11.1 Å². The fourth-order valence-electron chi connectivity index (χ4n) is 2.49. The Kier molecular flexibility index (Phi) is 6.45. The van der Waals surface area contributed by atoms with Gasteiger partial charge >= 0.3 is 6.61 Å². The van der Waals surface area contributed by atoms with Crippen LogP contribution in [-0.4, -0.2) is 19.1 Å². The Morgan fingerprint density at radius 3 is 2.32 bits per heavy atom. The van der Waals surface area contributed by atoms with Gasteiger partial charge in [-0.3, -0.25) is 4.79 Å². The molecule has 0 saturated heterocycles. The Bertz CT molecular complexity index is 934. The van der Waals surface area contributed by atoms with Crippen LogP contribution in [0.3, 0.4) is 0 Å². The van der Waals surface area contributed by atoms with Gasteiger partial charge in [-0.2, -0.15) is 8.78 Å². The molecule has 4 nitrogen and oxygen atoms in total. The summed E-state index contributed by atoms with van der Waals surface area (Å²) in [7, 11) is 0. The zero-order valence-electron chi connectivity index (χ0n) is 14.6. The van der Waals surface area contributed by atoms with Crippen molar-refractivity contribution >= 4 is 23.2 Å². The lowest BCUT2D eigenvalue weighted by Crippen LogP contribution is -2.20. The predicted molar refractivity (Wildman–Crippen MR) is 104 cm³/mol. The van der Waals surface area contributed by atoms with Gasteiger partial charge in [-0.1, -0.05) is 48.0 Å². The highest BCUT2D eigenvalue weighted by molar-refractivity contribution is 6.32. The largest absolute Gasteiger partial charge is 0.482 e. The molecule has 3 aromatic carbocycles. The first-order valence-electron chi connectivity index (χ1n) is 8.34. The number of benzene rings is 3. The van der Waals surface area contributed by atoms with E-state index < -0.39 is 12.5 Å². The molecule has 0 radical (unpaired) electrons. The molecule has 0 aliphatic carbocycles. The number of halogens is 3. The Hall–Kier alpha value is -3.12. The van der Waals surface area contributed by atoms with Gasteiger partial charge in [0.25, 0.3) is 5.91 Å². The summed E-state index contributed by atoms with van der Waals surface area (Å²) in [6.45, 7) is -3.15. The molecule has 1 N–H and O–H groups in total. The number of alkyl halides is 2. The summed E-state index contributed by atoms with van der Waals surface area (Å²) in [5, 5.41) is 2.99. The second-order valence-electron chi connectivity index (χ2n) is 5.75. The van der Waals surface area contributed by atoms with Crippen molar-refractivity contribution in [2.24, 2.45) is 0 Å². The van der Waals surface area contributed by atoms with Crippen molar-refractivity contribution in [3.05, 3.63) is 77.8 Å². The van der Waals surface area contributed by atoms with Crippen LogP contribution in [0.2, 0.25) is 5.02 Å². The van der Waals surface area contributed by atoms with Crippen molar-refractivity contribution in [2.45, 2.75) is 6.61 Å². The monoisotopic (exact) mass is 403 g/mol. The molecule has 1 amide bonds. The molecular formula is C21H16ClF2NO3. The zero-order valence-corrected chi connectivity index (χ0v) is 15.3. The maximum Gasteiger partial charge on any atom is 0.387 e. The average molecular weight is 404 g/mol. The van der Waals surface area contributed by atoms with Crippen LogP contribution < -0.4 is 14.8 Å². The molecule has 0 atom stereocenters. The number of carbonyl (C=O) groups is 1. The van der Waals surface area contributed by atoms with E-state index in [1.165, 1.54) is 24.3 Å². The van der Waals surface area contributed by atoms with Crippen molar-refractivity contribution in [1.82, 2.24) is 0 Å². The summed E-state index contributed by atoms with van der Waals surface area (Å²) in [5.74, 6) is -0.0163. The highest BCUT2D eigenvalue weighted by Gasteiger charge is 2.09. The molecular weight excluding hydrogens is 388 g/mol. The van der Waals surface area contributed by atoms with Crippen molar-refractivity contribution in [3.63, 3.8) is 0 Å². The maximum atomic E-state index is 12.1. The molecule has 3 rings (SSSR count). The van der Waals surface area contributed by atoms with Gasteiger partial charge in [0.2, 0.25) is 0 Å². The lowest BCUT2D eigenvalue weighted by Gasteiger charge is -2.11.